The van der Waals surface area contributed by atoms with Gasteiger partial charge in [-0.15, -0.1) is 11.3 Å². The van der Waals surface area contributed by atoms with Gasteiger partial charge in [0.25, 0.3) is 0 Å². The highest BCUT2D eigenvalue weighted by Crippen LogP contribution is 2.40. The third kappa shape index (κ3) is 1.48. The number of rotatable bonds is 1. The van der Waals surface area contributed by atoms with E-state index in [-0.39, 0.29) is 11.8 Å². The molecule has 1 heterocycles. The van der Waals surface area contributed by atoms with Crippen molar-refractivity contribution >= 4 is 17.3 Å². The number of thiophene rings is 1. The van der Waals surface area contributed by atoms with E-state index in [1.807, 2.05) is 0 Å². The monoisotopic (exact) mass is 197 g/mol. The van der Waals surface area contributed by atoms with Crippen LogP contribution >= 0.6 is 11.3 Å². The van der Waals surface area contributed by atoms with Crippen LogP contribution in [0.25, 0.3) is 0 Å². The molecule has 0 aliphatic heterocycles. The van der Waals surface area contributed by atoms with Gasteiger partial charge in [-0.25, -0.2) is 4.79 Å². The lowest BCUT2D eigenvalue weighted by atomic mass is 9.91. The van der Waals surface area contributed by atoms with Crippen LogP contribution in [-0.2, 0) is 12.8 Å². The topological polar surface area (TPSA) is 37.3 Å². The predicted molar refractivity (Wildman–Crippen MR) is 52.5 cm³/mol. The molecule has 70 valence electrons. The number of carboxylic acid groups (broad SMARTS) is 1. The molecule has 1 aromatic rings. The lowest BCUT2D eigenvalue weighted by Crippen LogP contribution is -2.10. The predicted octanol–water partition coefficient (Wildman–Crippen LogP) is 2.57. The zero-order chi connectivity index (χ0) is 10.5. The Morgan fingerprint density at radius 2 is 2.46 bits per heavy atom. The van der Waals surface area contributed by atoms with Gasteiger partial charge < -0.3 is 5.11 Å². The van der Waals surface area contributed by atoms with Gasteiger partial charge in [-0.05, 0) is 29.9 Å². The van der Waals surface area contributed by atoms with Gasteiger partial charge in [-0.3, -0.25) is 0 Å². The Balaban J connectivity index is 2.42. The molecule has 1 aliphatic rings. The van der Waals surface area contributed by atoms with Gasteiger partial charge in [0.15, 0.2) is 0 Å². The van der Waals surface area contributed by atoms with Crippen molar-refractivity contribution in [3.05, 3.63) is 21.4 Å². The Labute approximate surface area is 82.6 Å². The van der Waals surface area contributed by atoms with Crippen LogP contribution < -0.4 is 0 Å². The van der Waals surface area contributed by atoms with E-state index in [1.165, 1.54) is 11.3 Å². The fourth-order valence-electron chi connectivity index (χ4n) is 1.71. The first-order chi connectivity index (χ1) is 6.42. The molecule has 0 saturated carbocycles. The largest absolute Gasteiger partial charge is 0.477 e. The highest BCUT2D eigenvalue weighted by Gasteiger charge is 2.31. The van der Waals surface area contributed by atoms with Crippen molar-refractivity contribution in [2.45, 2.75) is 26.7 Å². The third-order valence-corrected chi connectivity index (χ3v) is 3.33. The fourth-order valence-corrected chi connectivity index (χ4v) is 2.87. The quantitative estimate of drug-likeness (QED) is 0.751. The van der Waals surface area contributed by atoms with Crippen LogP contribution in [0.1, 0.15) is 35.3 Å². The highest BCUT2D eigenvalue weighted by molar-refractivity contribution is 7.14. The SMILES string of the molecule is [2H]C1c2sc(C(=O)O)cc2CC1(C)C. The lowest BCUT2D eigenvalue weighted by molar-refractivity contribution is 0.0702. The van der Waals surface area contributed by atoms with Gasteiger partial charge in [0.1, 0.15) is 4.88 Å². The Bertz CT molecular complexity index is 395. The lowest BCUT2D eigenvalue weighted by Gasteiger charge is -2.15. The van der Waals surface area contributed by atoms with Crippen LogP contribution in [0.15, 0.2) is 6.07 Å². The van der Waals surface area contributed by atoms with E-state index >= 15 is 0 Å². The maximum absolute atomic E-state index is 10.7. The van der Waals surface area contributed by atoms with Crippen molar-refractivity contribution in [3.63, 3.8) is 0 Å². The molecular weight excluding hydrogens is 184 g/mol. The Morgan fingerprint density at radius 3 is 3.00 bits per heavy atom. The van der Waals surface area contributed by atoms with E-state index < -0.39 is 5.97 Å². The van der Waals surface area contributed by atoms with Crippen LogP contribution in [0, 0.1) is 5.41 Å². The highest BCUT2D eigenvalue weighted by atomic mass is 32.1. The van der Waals surface area contributed by atoms with Crippen LogP contribution in [-0.4, -0.2) is 11.1 Å². The zero-order valence-electron chi connectivity index (χ0n) is 8.63. The minimum Gasteiger partial charge on any atom is -0.477 e. The molecule has 1 atom stereocenters. The molecule has 0 aromatic carbocycles. The van der Waals surface area contributed by atoms with Gasteiger partial charge in [0.05, 0.1) is 0 Å². The van der Waals surface area contributed by atoms with Crippen molar-refractivity contribution in [2.24, 2.45) is 5.41 Å². The molecule has 1 N–H and O–H groups in total. The Kier molecular flexibility index (Phi) is 1.50. The number of hydrogen-bond acceptors (Lipinski definition) is 2. The average Bonchev–Trinajstić information content (AvgIpc) is 2.53. The molecule has 2 rings (SSSR count). The minimum absolute atomic E-state index is 0.0435. The summed E-state index contributed by atoms with van der Waals surface area (Å²) in [6, 6.07) is 1.72. The van der Waals surface area contributed by atoms with E-state index in [4.69, 9.17) is 6.48 Å². The number of carboxylic acids is 1. The molecule has 0 spiro atoms. The third-order valence-electron chi connectivity index (χ3n) is 2.22. The fraction of sp³-hybridized carbons (Fsp3) is 0.500. The number of aromatic carboxylic acids is 1. The molecule has 1 aliphatic carbocycles. The molecule has 0 radical (unpaired) electrons. The first-order valence-electron chi connectivity index (χ1n) is 4.78. The Morgan fingerprint density at radius 1 is 1.77 bits per heavy atom. The van der Waals surface area contributed by atoms with Crippen LogP contribution in [0.5, 0.6) is 0 Å². The summed E-state index contributed by atoms with van der Waals surface area (Å²) < 4.78 is 7.99. The van der Waals surface area contributed by atoms with Gasteiger partial charge in [0, 0.05) is 6.25 Å². The van der Waals surface area contributed by atoms with E-state index in [9.17, 15) is 4.79 Å². The average molecular weight is 197 g/mol. The standard InChI is InChI=1S/C10H12O2S/c1-10(2)4-6-3-7(9(11)12)13-8(6)5-10/h3H,4-5H2,1-2H3,(H,11,12)/i5D. The maximum atomic E-state index is 10.7. The molecule has 2 nitrogen and oxygen atoms in total. The van der Waals surface area contributed by atoms with Crippen molar-refractivity contribution in [2.75, 3.05) is 0 Å². The van der Waals surface area contributed by atoms with Crippen molar-refractivity contribution < 1.29 is 11.3 Å². The minimum atomic E-state index is -0.880. The van der Waals surface area contributed by atoms with E-state index in [2.05, 4.69) is 13.8 Å². The molecular formula is C10H12O2S. The molecule has 0 amide bonds. The molecule has 3 heteroatoms. The molecule has 1 aromatic heterocycles. The molecule has 0 bridgehead atoms. The summed E-state index contributed by atoms with van der Waals surface area (Å²) in [5.41, 5.74) is 1.01. The summed E-state index contributed by atoms with van der Waals surface area (Å²) in [4.78, 5) is 12.0. The molecule has 0 saturated heterocycles. The molecule has 0 fully saturated rings. The summed E-state index contributed by atoms with van der Waals surface area (Å²) in [5.74, 6) is -0.880. The summed E-state index contributed by atoms with van der Waals surface area (Å²) >= 11 is 1.25. The van der Waals surface area contributed by atoms with Gasteiger partial charge in [0.2, 0.25) is 0 Å². The van der Waals surface area contributed by atoms with Crippen molar-refractivity contribution in [3.8, 4) is 0 Å². The van der Waals surface area contributed by atoms with Crippen LogP contribution in [0.4, 0.5) is 0 Å². The molecule has 1 unspecified atom stereocenters. The zero-order valence-corrected chi connectivity index (χ0v) is 8.44. The van der Waals surface area contributed by atoms with Crippen LogP contribution in [0.2, 0.25) is 0 Å². The summed E-state index contributed by atoms with van der Waals surface area (Å²) in [6.45, 7) is 4.11. The van der Waals surface area contributed by atoms with E-state index in [1.54, 1.807) is 6.07 Å². The van der Waals surface area contributed by atoms with Gasteiger partial charge >= 0.3 is 5.97 Å². The summed E-state index contributed by atoms with van der Waals surface area (Å²) in [5, 5.41) is 8.81. The van der Waals surface area contributed by atoms with E-state index in [0.717, 1.165) is 16.9 Å². The number of carbonyl (C=O) groups is 1. The maximum Gasteiger partial charge on any atom is 0.345 e. The van der Waals surface area contributed by atoms with Crippen LogP contribution in [0.3, 0.4) is 0 Å². The second-order valence-electron chi connectivity index (χ2n) is 4.11. The smallest absolute Gasteiger partial charge is 0.345 e. The number of fused-ring (bicyclic) bond motifs is 1. The van der Waals surface area contributed by atoms with E-state index in [0.29, 0.717) is 4.88 Å². The second kappa shape index (κ2) is 2.58. The first-order valence-corrected chi connectivity index (χ1v) is 5.01. The normalized spacial score (nSPS) is 25.4. The van der Waals surface area contributed by atoms with Gasteiger partial charge in [-0.2, -0.15) is 0 Å². The molecule has 13 heavy (non-hydrogen) atoms. The second-order valence-corrected chi connectivity index (χ2v) is 5.20. The summed E-state index contributed by atoms with van der Waals surface area (Å²) in [6.07, 6.45) is 0.552. The first kappa shape index (κ1) is 7.56. The van der Waals surface area contributed by atoms with Crippen molar-refractivity contribution in [1.29, 1.82) is 0 Å². The van der Waals surface area contributed by atoms with Crippen molar-refractivity contribution in [1.82, 2.24) is 0 Å². The number of hydrogen-bond donors (Lipinski definition) is 1. The van der Waals surface area contributed by atoms with Gasteiger partial charge in [-0.1, -0.05) is 13.8 Å². The summed E-state index contributed by atoms with van der Waals surface area (Å²) in [7, 11) is 0. The Hall–Kier alpha value is -0.830.